The number of halogens is 3. The minimum atomic E-state index is -0.860. The molecule has 3 N–H and O–H groups in total. The van der Waals surface area contributed by atoms with Crippen LogP contribution in [0.5, 0.6) is 0 Å². The molecule has 2 aromatic carbocycles. The maximum atomic E-state index is 14.3. The first-order chi connectivity index (χ1) is 17.2. The number of hydrogen-bond acceptors (Lipinski definition) is 5. The Kier molecular flexibility index (Phi) is 7.44. The topological polar surface area (TPSA) is 100 Å². The Morgan fingerprint density at radius 1 is 1.11 bits per heavy atom. The van der Waals surface area contributed by atoms with Crippen LogP contribution in [0.2, 0.25) is 0 Å². The van der Waals surface area contributed by atoms with Crippen molar-refractivity contribution < 1.29 is 27.6 Å². The molecule has 4 rings (SSSR count). The SMILES string of the molecule is CNC(=O)c1cc(-c2cccnc2[C@H](Cc2cc(F)cc(F)c2)NC(=O)[C@@H]2CC(=O)CN2)ccc1F. The fourth-order valence-electron chi connectivity index (χ4n) is 4.19. The van der Waals surface area contributed by atoms with Gasteiger partial charge < -0.3 is 10.6 Å². The van der Waals surface area contributed by atoms with E-state index in [1.807, 2.05) is 0 Å². The van der Waals surface area contributed by atoms with E-state index in [4.69, 9.17) is 0 Å². The average molecular weight is 496 g/mol. The molecule has 0 spiro atoms. The predicted molar refractivity (Wildman–Crippen MR) is 125 cm³/mol. The quantitative estimate of drug-likeness (QED) is 0.467. The molecule has 10 heteroatoms. The Morgan fingerprint density at radius 3 is 2.53 bits per heavy atom. The first-order valence-corrected chi connectivity index (χ1v) is 11.2. The van der Waals surface area contributed by atoms with Gasteiger partial charge in [-0.15, -0.1) is 0 Å². The van der Waals surface area contributed by atoms with E-state index in [9.17, 15) is 27.6 Å². The van der Waals surface area contributed by atoms with Gasteiger partial charge in [-0.2, -0.15) is 0 Å². The lowest BCUT2D eigenvalue weighted by molar-refractivity contribution is -0.125. The normalized spacial score (nSPS) is 16.0. The van der Waals surface area contributed by atoms with Crippen LogP contribution in [0.25, 0.3) is 11.1 Å². The number of carbonyl (C=O) groups is 3. The number of nitrogens with one attached hydrogen (secondary N) is 3. The highest BCUT2D eigenvalue weighted by Crippen LogP contribution is 2.30. The highest BCUT2D eigenvalue weighted by molar-refractivity contribution is 5.96. The van der Waals surface area contributed by atoms with Crippen molar-refractivity contribution in [3.05, 3.63) is 89.0 Å². The second kappa shape index (κ2) is 10.7. The van der Waals surface area contributed by atoms with Gasteiger partial charge in [-0.3, -0.25) is 24.7 Å². The predicted octanol–water partition coefficient (Wildman–Crippen LogP) is 2.86. The van der Waals surface area contributed by atoms with Crippen molar-refractivity contribution in [3.8, 4) is 11.1 Å². The number of hydrogen-bond donors (Lipinski definition) is 3. The molecular formula is C26H23F3N4O3. The van der Waals surface area contributed by atoms with E-state index >= 15 is 0 Å². The molecule has 3 aromatic rings. The summed E-state index contributed by atoms with van der Waals surface area (Å²) >= 11 is 0. The van der Waals surface area contributed by atoms with Gasteiger partial charge in [0.15, 0.2) is 0 Å². The van der Waals surface area contributed by atoms with Gasteiger partial charge in [0.1, 0.15) is 23.2 Å². The van der Waals surface area contributed by atoms with Crippen LogP contribution >= 0.6 is 0 Å². The Balaban J connectivity index is 1.76. The number of carbonyl (C=O) groups excluding carboxylic acids is 3. The van der Waals surface area contributed by atoms with Crippen LogP contribution in [0.4, 0.5) is 13.2 Å². The largest absolute Gasteiger partial charge is 0.355 e. The number of Topliss-reactive ketones (excluding diaryl/α,β-unsaturated/α-hetero) is 1. The lowest BCUT2D eigenvalue weighted by atomic mass is 9.94. The number of ketones is 1. The number of pyridine rings is 1. The Bertz CT molecular complexity index is 1310. The number of benzene rings is 2. The molecule has 0 unspecified atom stereocenters. The first kappa shape index (κ1) is 25.1. The minimum Gasteiger partial charge on any atom is -0.355 e. The lowest BCUT2D eigenvalue weighted by Crippen LogP contribution is -2.43. The van der Waals surface area contributed by atoms with E-state index in [0.717, 1.165) is 24.3 Å². The summed E-state index contributed by atoms with van der Waals surface area (Å²) in [5, 5.41) is 8.06. The molecule has 0 radical (unpaired) electrons. The van der Waals surface area contributed by atoms with Crippen molar-refractivity contribution >= 4 is 17.6 Å². The second-order valence-corrected chi connectivity index (χ2v) is 8.43. The molecule has 1 aromatic heterocycles. The summed E-state index contributed by atoms with van der Waals surface area (Å²) < 4.78 is 42.1. The fourth-order valence-corrected chi connectivity index (χ4v) is 4.19. The fraction of sp³-hybridized carbons (Fsp3) is 0.231. The van der Waals surface area contributed by atoms with Gasteiger partial charge >= 0.3 is 0 Å². The molecule has 2 amide bonds. The molecule has 0 saturated carbocycles. The van der Waals surface area contributed by atoms with Crippen molar-refractivity contribution in [1.82, 2.24) is 20.9 Å². The summed E-state index contributed by atoms with van der Waals surface area (Å²) in [5.41, 5.74) is 1.38. The van der Waals surface area contributed by atoms with E-state index in [1.54, 1.807) is 12.1 Å². The summed E-state index contributed by atoms with van der Waals surface area (Å²) in [6.45, 7) is 0.0740. The van der Waals surface area contributed by atoms with Crippen LogP contribution < -0.4 is 16.0 Å². The van der Waals surface area contributed by atoms with Crippen LogP contribution in [-0.4, -0.2) is 42.2 Å². The monoisotopic (exact) mass is 496 g/mol. The summed E-state index contributed by atoms with van der Waals surface area (Å²) in [5.74, 6) is -3.44. The molecule has 186 valence electrons. The number of aromatic nitrogens is 1. The number of nitrogens with zero attached hydrogens (tertiary/aromatic N) is 1. The molecule has 2 atom stereocenters. The molecule has 7 nitrogen and oxygen atoms in total. The summed E-state index contributed by atoms with van der Waals surface area (Å²) in [6, 6.07) is 8.77. The van der Waals surface area contributed by atoms with Crippen LogP contribution in [0.15, 0.2) is 54.7 Å². The van der Waals surface area contributed by atoms with Gasteiger partial charge in [-0.25, -0.2) is 13.2 Å². The molecule has 2 heterocycles. The van der Waals surface area contributed by atoms with Crippen LogP contribution in [0.1, 0.15) is 34.1 Å². The zero-order valence-corrected chi connectivity index (χ0v) is 19.3. The highest BCUT2D eigenvalue weighted by atomic mass is 19.1. The third-order valence-electron chi connectivity index (χ3n) is 5.89. The third-order valence-corrected chi connectivity index (χ3v) is 5.89. The van der Waals surface area contributed by atoms with E-state index in [0.29, 0.717) is 16.8 Å². The van der Waals surface area contributed by atoms with Crippen molar-refractivity contribution in [2.24, 2.45) is 0 Å². The average Bonchev–Trinajstić information content (AvgIpc) is 3.29. The third kappa shape index (κ3) is 5.60. The van der Waals surface area contributed by atoms with Crippen LogP contribution in [0, 0.1) is 17.5 Å². The zero-order chi connectivity index (χ0) is 25.8. The zero-order valence-electron chi connectivity index (χ0n) is 19.3. The van der Waals surface area contributed by atoms with E-state index < -0.39 is 41.3 Å². The Hall–Kier alpha value is -4.05. The van der Waals surface area contributed by atoms with Gasteiger partial charge in [0.05, 0.1) is 29.9 Å². The molecule has 1 saturated heterocycles. The molecule has 1 aliphatic heterocycles. The summed E-state index contributed by atoms with van der Waals surface area (Å²) in [6.07, 6.45) is 1.49. The second-order valence-electron chi connectivity index (χ2n) is 8.43. The van der Waals surface area contributed by atoms with Crippen molar-refractivity contribution in [1.29, 1.82) is 0 Å². The molecular weight excluding hydrogens is 473 g/mol. The van der Waals surface area contributed by atoms with Gasteiger partial charge in [0.2, 0.25) is 5.91 Å². The van der Waals surface area contributed by atoms with Crippen molar-refractivity contribution in [3.63, 3.8) is 0 Å². The summed E-state index contributed by atoms with van der Waals surface area (Å²) in [7, 11) is 1.38. The molecule has 0 bridgehead atoms. The van der Waals surface area contributed by atoms with Crippen molar-refractivity contribution in [2.75, 3.05) is 13.6 Å². The Morgan fingerprint density at radius 2 is 1.86 bits per heavy atom. The van der Waals surface area contributed by atoms with Crippen LogP contribution in [0.3, 0.4) is 0 Å². The number of rotatable bonds is 7. The van der Waals surface area contributed by atoms with Crippen molar-refractivity contribution in [2.45, 2.75) is 24.9 Å². The Labute approximate surface area is 205 Å². The maximum absolute atomic E-state index is 14.3. The van der Waals surface area contributed by atoms with Gasteiger partial charge in [0.25, 0.3) is 5.91 Å². The lowest BCUT2D eigenvalue weighted by Gasteiger charge is -2.23. The van der Waals surface area contributed by atoms with E-state index in [-0.39, 0.29) is 36.3 Å². The van der Waals surface area contributed by atoms with Gasteiger partial charge in [-0.1, -0.05) is 12.1 Å². The van der Waals surface area contributed by atoms with Crippen LogP contribution in [-0.2, 0) is 16.0 Å². The first-order valence-electron chi connectivity index (χ1n) is 11.2. The molecule has 0 aliphatic carbocycles. The van der Waals surface area contributed by atoms with Gasteiger partial charge in [0, 0.05) is 31.3 Å². The standard InChI is InChI=1S/C26H23F3N4O3/c1-30-25(35)20-10-15(4-5-21(20)29)19-3-2-6-31-24(19)22(9-14-7-16(27)11-17(28)8-14)33-26(36)23-12-18(34)13-32-23/h2-8,10-11,22-23,32H,9,12-13H2,1H3,(H,30,35)(H,33,36)/t22-,23-/m0/s1. The molecule has 1 fully saturated rings. The molecule has 1 aliphatic rings. The van der Waals surface area contributed by atoms with Gasteiger partial charge in [-0.05, 0) is 47.9 Å². The minimum absolute atomic E-state index is 0.0192. The highest BCUT2D eigenvalue weighted by Gasteiger charge is 2.30. The summed E-state index contributed by atoms with van der Waals surface area (Å²) in [4.78, 5) is 41.2. The smallest absolute Gasteiger partial charge is 0.254 e. The molecule has 36 heavy (non-hydrogen) atoms. The maximum Gasteiger partial charge on any atom is 0.254 e. The van der Waals surface area contributed by atoms with E-state index in [2.05, 4.69) is 20.9 Å². The number of amides is 2. The van der Waals surface area contributed by atoms with E-state index in [1.165, 1.54) is 25.4 Å².